The zero-order chi connectivity index (χ0) is 16.4. The molecule has 0 amide bonds. The molecule has 4 heteroatoms. The van der Waals surface area contributed by atoms with Gasteiger partial charge in [0.1, 0.15) is 0 Å². The van der Waals surface area contributed by atoms with Gasteiger partial charge in [0.15, 0.2) is 0 Å². The summed E-state index contributed by atoms with van der Waals surface area (Å²) >= 11 is 0. The molecule has 0 bridgehead atoms. The number of carbonyl (C=O) groups is 2. The van der Waals surface area contributed by atoms with Crippen molar-refractivity contribution in [1.82, 2.24) is 0 Å². The molecule has 0 aromatic carbocycles. The molecule has 0 aromatic rings. The summed E-state index contributed by atoms with van der Waals surface area (Å²) in [5.41, 5.74) is 2.39. The van der Waals surface area contributed by atoms with E-state index in [4.69, 9.17) is 5.11 Å². The van der Waals surface area contributed by atoms with E-state index in [1.165, 1.54) is 17.6 Å². The molecule has 126 valence electrons. The monoisotopic (exact) mass is 310 g/mol. The Labute approximate surface area is 133 Å². The minimum Gasteiger partial charge on any atom is -0.481 e. The second-order valence-corrected chi connectivity index (χ2v) is 6.29. The summed E-state index contributed by atoms with van der Waals surface area (Å²) < 4.78 is 0. The van der Waals surface area contributed by atoms with Crippen LogP contribution in [0.1, 0.15) is 84.0 Å². The first-order valence-corrected chi connectivity index (χ1v) is 8.74. The molecule has 0 heterocycles. The van der Waals surface area contributed by atoms with Gasteiger partial charge in [0.25, 0.3) is 0 Å². The van der Waals surface area contributed by atoms with E-state index in [-0.39, 0.29) is 12.3 Å². The standard InChI is InChI=1S/C18H30O4/c1-2-3-11-14-15(17(14)18(21)22)12-9-7-5-4-6-8-10-13-16(19)20/h17H,2-13H2,1H3,(H,19,20)(H,21,22). The first kappa shape index (κ1) is 18.7. The molecule has 0 aromatic heterocycles. The van der Waals surface area contributed by atoms with E-state index in [9.17, 15) is 14.7 Å². The van der Waals surface area contributed by atoms with Crippen LogP contribution in [0, 0.1) is 5.92 Å². The van der Waals surface area contributed by atoms with Gasteiger partial charge in [-0.25, -0.2) is 0 Å². The third-order valence-electron chi connectivity index (χ3n) is 4.41. The highest BCUT2D eigenvalue weighted by atomic mass is 16.4. The molecule has 1 aliphatic carbocycles. The number of carboxylic acids is 2. The summed E-state index contributed by atoms with van der Waals surface area (Å²) in [4.78, 5) is 21.5. The van der Waals surface area contributed by atoms with Crippen molar-refractivity contribution in [2.45, 2.75) is 84.0 Å². The average Bonchev–Trinajstić information content (AvgIpc) is 3.16. The average molecular weight is 310 g/mol. The summed E-state index contributed by atoms with van der Waals surface area (Å²) in [6.07, 6.45) is 11.9. The lowest BCUT2D eigenvalue weighted by atomic mass is 10.1. The number of aliphatic carboxylic acids is 2. The molecule has 0 saturated heterocycles. The molecular weight excluding hydrogens is 280 g/mol. The summed E-state index contributed by atoms with van der Waals surface area (Å²) in [7, 11) is 0. The highest BCUT2D eigenvalue weighted by molar-refractivity contribution is 5.84. The van der Waals surface area contributed by atoms with Crippen LogP contribution >= 0.6 is 0 Å². The van der Waals surface area contributed by atoms with Crippen LogP contribution in [0.3, 0.4) is 0 Å². The molecule has 2 N–H and O–H groups in total. The van der Waals surface area contributed by atoms with Crippen molar-refractivity contribution in [3.05, 3.63) is 11.1 Å². The molecule has 4 nitrogen and oxygen atoms in total. The van der Waals surface area contributed by atoms with Crippen LogP contribution in [0.4, 0.5) is 0 Å². The Bertz CT molecular complexity index is 398. The van der Waals surface area contributed by atoms with E-state index in [0.717, 1.165) is 64.2 Å². The van der Waals surface area contributed by atoms with Crippen LogP contribution in [0.15, 0.2) is 11.1 Å². The van der Waals surface area contributed by atoms with Crippen molar-refractivity contribution in [1.29, 1.82) is 0 Å². The van der Waals surface area contributed by atoms with Crippen molar-refractivity contribution in [3.8, 4) is 0 Å². The second-order valence-electron chi connectivity index (χ2n) is 6.29. The quantitative estimate of drug-likeness (QED) is 0.357. The molecule has 0 radical (unpaired) electrons. The molecule has 1 unspecified atom stereocenters. The Morgan fingerprint density at radius 2 is 1.32 bits per heavy atom. The zero-order valence-electron chi connectivity index (χ0n) is 13.8. The molecule has 0 fully saturated rings. The maximum atomic E-state index is 11.1. The Balaban J connectivity index is 2.02. The molecule has 1 rings (SSSR count). The third kappa shape index (κ3) is 7.10. The van der Waals surface area contributed by atoms with Crippen molar-refractivity contribution >= 4 is 11.9 Å². The lowest BCUT2D eigenvalue weighted by Crippen LogP contribution is -2.02. The SMILES string of the molecule is CCCCC1=C(CCCCCCCCCC(=O)O)C1C(=O)O. The second kappa shape index (κ2) is 10.4. The highest BCUT2D eigenvalue weighted by Crippen LogP contribution is 2.45. The Morgan fingerprint density at radius 1 is 0.818 bits per heavy atom. The first-order chi connectivity index (χ1) is 10.6. The predicted octanol–water partition coefficient (Wildman–Crippen LogP) is 4.78. The van der Waals surface area contributed by atoms with Crippen LogP contribution in [-0.4, -0.2) is 22.2 Å². The fourth-order valence-corrected chi connectivity index (χ4v) is 3.07. The van der Waals surface area contributed by atoms with Crippen LogP contribution < -0.4 is 0 Å². The summed E-state index contributed by atoms with van der Waals surface area (Å²) in [6, 6.07) is 0. The largest absolute Gasteiger partial charge is 0.481 e. The lowest BCUT2D eigenvalue weighted by molar-refractivity contribution is -0.138. The number of hydrogen-bond donors (Lipinski definition) is 2. The molecule has 1 atom stereocenters. The van der Waals surface area contributed by atoms with Gasteiger partial charge < -0.3 is 10.2 Å². The summed E-state index contributed by atoms with van der Waals surface area (Å²) in [5, 5.41) is 17.7. The molecule has 1 aliphatic rings. The lowest BCUT2D eigenvalue weighted by Gasteiger charge is -2.00. The number of rotatable bonds is 14. The van der Waals surface area contributed by atoms with Gasteiger partial charge >= 0.3 is 11.9 Å². The van der Waals surface area contributed by atoms with Crippen molar-refractivity contribution in [3.63, 3.8) is 0 Å². The molecule has 0 spiro atoms. The normalized spacial score (nSPS) is 16.9. The van der Waals surface area contributed by atoms with Crippen molar-refractivity contribution in [2.75, 3.05) is 0 Å². The van der Waals surface area contributed by atoms with E-state index in [0.29, 0.717) is 0 Å². The predicted molar refractivity (Wildman–Crippen MR) is 86.9 cm³/mol. The molecule has 0 aliphatic heterocycles. The summed E-state index contributed by atoms with van der Waals surface area (Å²) in [6.45, 7) is 2.13. The molecule has 0 saturated carbocycles. The zero-order valence-corrected chi connectivity index (χ0v) is 13.8. The van der Waals surface area contributed by atoms with Gasteiger partial charge in [0.05, 0.1) is 5.92 Å². The van der Waals surface area contributed by atoms with Gasteiger partial charge in [-0.2, -0.15) is 0 Å². The number of carboxylic acid groups (broad SMARTS) is 2. The van der Waals surface area contributed by atoms with Gasteiger partial charge in [0, 0.05) is 6.42 Å². The minimum atomic E-state index is -0.704. The molecule has 22 heavy (non-hydrogen) atoms. The highest BCUT2D eigenvalue weighted by Gasteiger charge is 2.40. The Morgan fingerprint density at radius 3 is 1.82 bits per heavy atom. The van der Waals surface area contributed by atoms with Gasteiger partial charge in [0.2, 0.25) is 0 Å². The van der Waals surface area contributed by atoms with E-state index in [1.54, 1.807) is 0 Å². The topological polar surface area (TPSA) is 74.6 Å². The van der Waals surface area contributed by atoms with E-state index < -0.39 is 11.9 Å². The van der Waals surface area contributed by atoms with Crippen molar-refractivity contribution < 1.29 is 19.8 Å². The fourth-order valence-electron chi connectivity index (χ4n) is 3.07. The van der Waals surface area contributed by atoms with Gasteiger partial charge in [-0.1, -0.05) is 56.6 Å². The van der Waals surface area contributed by atoms with E-state index in [1.807, 2.05) is 0 Å². The minimum absolute atomic E-state index is 0.234. The number of unbranched alkanes of at least 4 members (excludes halogenated alkanes) is 7. The molecular formula is C18H30O4. The Hall–Kier alpha value is -1.32. The van der Waals surface area contributed by atoms with Gasteiger partial charge in [-0.3, -0.25) is 9.59 Å². The van der Waals surface area contributed by atoms with E-state index in [2.05, 4.69) is 6.92 Å². The summed E-state index contributed by atoms with van der Waals surface area (Å²) in [5.74, 6) is -1.60. The van der Waals surface area contributed by atoms with E-state index >= 15 is 0 Å². The van der Waals surface area contributed by atoms with Crippen molar-refractivity contribution in [2.24, 2.45) is 5.92 Å². The van der Waals surface area contributed by atoms with Gasteiger partial charge in [-0.05, 0) is 32.1 Å². The fraction of sp³-hybridized carbons (Fsp3) is 0.778. The maximum Gasteiger partial charge on any atom is 0.314 e. The van der Waals surface area contributed by atoms with Gasteiger partial charge in [-0.15, -0.1) is 0 Å². The van der Waals surface area contributed by atoms with Crippen LogP contribution in [0.25, 0.3) is 0 Å². The van der Waals surface area contributed by atoms with Crippen LogP contribution in [0.2, 0.25) is 0 Å². The number of hydrogen-bond acceptors (Lipinski definition) is 2. The smallest absolute Gasteiger partial charge is 0.314 e. The van der Waals surface area contributed by atoms with Crippen LogP contribution in [0.5, 0.6) is 0 Å². The van der Waals surface area contributed by atoms with Crippen LogP contribution in [-0.2, 0) is 9.59 Å². The first-order valence-electron chi connectivity index (χ1n) is 8.74. The Kier molecular flexibility index (Phi) is 8.86. The third-order valence-corrected chi connectivity index (χ3v) is 4.41. The maximum absolute atomic E-state index is 11.1.